The highest BCUT2D eigenvalue weighted by atomic mass is 32.2. The maximum absolute atomic E-state index is 12.4. The number of hydrogen-bond donors (Lipinski definition) is 2. The van der Waals surface area contributed by atoms with Gasteiger partial charge in [-0.05, 0) is 36.7 Å². The van der Waals surface area contributed by atoms with Crippen molar-refractivity contribution >= 4 is 57.8 Å². The highest BCUT2D eigenvalue weighted by Crippen LogP contribution is 2.39. The third-order valence-corrected chi connectivity index (χ3v) is 6.53. The van der Waals surface area contributed by atoms with Gasteiger partial charge in [0, 0.05) is 25.6 Å². The first kappa shape index (κ1) is 21.7. The largest absolute Gasteiger partial charge is 0.366 e. The number of primary amides is 1. The standard InChI is InChI=1S/C18H23N3O3S3/c1-3-26-18(25)21(11(2)22)9-8-14(23)20-17-15(16(19)24)13-7-5-4-6-12(13)10-27-17/h3H,1,4-10H2,2H3,(H2,19,24)(H,20,23). The van der Waals surface area contributed by atoms with Gasteiger partial charge in [0.15, 0.2) is 0 Å². The van der Waals surface area contributed by atoms with Gasteiger partial charge in [-0.1, -0.05) is 36.1 Å². The van der Waals surface area contributed by atoms with E-state index in [-0.39, 0.29) is 24.8 Å². The van der Waals surface area contributed by atoms with E-state index < -0.39 is 5.91 Å². The van der Waals surface area contributed by atoms with Crippen molar-refractivity contribution in [1.82, 2.24) is 10.2 Å². The molecule has 1 aliphatic carbocycles. The van der Waals surface area contributed by atoms with Gasteiger partial charge in [0.05, 0.1) is 10.6 Å². The number of nitrogens with zero attached hydrogens (tertiary/aromatic N) is 1. The molecule has 0 saturated carbocycles. The molecule has 2 rings (SSSR count). The van der Waals surface area contributed by atoms with Crippen LogP contribution in [-0.4, -0.2) is 39.2 Å². The zero-order valence-corrected chi connectivity index (χ0v) is 17.7. The van der Waals surface area contributed by atoms with Gasteiger partial charge in [-0.3, -0.25) is 19.3 Å². The summed E-state index contributed by atoms with van der Waals surface area (Å²) in [4.78, 5) is 37.5. The van der Waals surface area contributed by atoms with E-state index in [2.05, 4.69) is 11.9 Å². The molecular formula is C18H23N3O3S3. The average molecular weight is 426 g/mol. The van der Waals surface area contributed by atoms with Crippen LogP contribution in [0.15, 0.2) is 33.7 Å². The fraction of sp³-hybridized carbons (Fsp3) is 0.444. The van der Waals surface area contributed by atoms with E-state index >= 15 is 0 Å². The molecule has 3 amide bonds. The first-order valence-electron chi connectivity index (χ1n) is 8.62. The van der Waals surface area contributed by atoms with Crippen LogP contribution < -0.4 is 11.1 Å². The number of thiocarbonyl (C=S) groups is 1. The third-order valence-electron chi connectivity index (χ3n) is 4.35. The predicted molar refractivity (Wildman–Crippen MR) is 115 cm³/mol. The minimum absolute atomic E-state index is 0.0689. The topological polar surface area (TPSA) is 92.5 Å². The van der Waals surface area contributed by atoms with Crippen LogP contribution in [0.5, 0.6) is 0 Å². The van der Waals surface area contributed by atoms with Crippen LogP contribution in [0.25, 0.3) is 0 Å². The minimum Gasteiger partial charge on any atom is -0.366 e. The van der Waals surface area contributed by atoms with Gasteiger partial charge in [-0.25, -0.2) is 0 Å². The molecule has 0 radical (unpaired) electrons. The molecular weight excluding hydrogens is 402 g/mol. The van der Waals surface area contributed by atoms with E-state index in [1.165, 1.54) is 34.6 Å². The molecule has 1 heterocycles. The van der Waals surface area contributed by atoms with Crippen LogP contribution >= 0.6 is 35.7 Å². The third kappa shape index (κ3) is 5.70. The van der Waals surface area contributed by atoms with Crippen LogP contribution in [0.4, 0.5) is 0 Å². The Morgan fingerprint density at radius 3 is 2.70 bits per heavy atom. The molecule has 0 aromatic rings. The number of carbonyl (C=O) groups excluding carboxylic acids is 3. The number of rotatable bonds is 6. The van der Waals surface area contributed by atoms with Crippen molar-refractivity contribution in [2.75, 3.05) is 12.3 Å². The van der Waals surface area contributed by atoms with Gasteiger partial charge in [-0.2, -0.15) is 0 Å². The molecule has 27 heavy (non-hydrogen) atoms. The Morgan fingerprint density at radius 2 is 2.07 bits per heavy atom. The molecule has 2 aliphatic rings. The van der Waals surface area contributed by atoms with Gasteiger partial charge < -0.3 is 11.1 Å². The van der Waals surface area contributed by atoms with Crippen molar-refractivity contribution in [3.63, 3.8) is 0 Å². The highest BCUT2D eigenvalue weighted by molar-refractivity contribution is 8.24. The Balaban J connectivity index is 2.08. The summed E-state index contributed by atoms with van der Waals surface area (Å²) in [5.74, 6) is -0.265. The fourth-order valence-electron chi connectivity index (χ4n) is 3.07. The zero-order chi connectivity index (χ0) is 20.0. The van der Waals surface area contributed by atoms with Crippen molar-refractivity contribution in [2.45, 2.75) is 39.0 Å². The first-order chi connectivity index (χ1) is 12.8. The zero-order valence-electron chi connectivity index (χ0n) is 15.2. The Bertz CT molecular complexity index is 743. The van der Waals surface area contributed by atoms with Crippen LogP contribution in [0, 0.1) is 0 Å². The lowest BCUT2D eigenvalue weighted by Gasteiger charge is -2.28. The number of carbonyl (C=O) groups is 3. The lowest BCUT2D eigenvalue weighted by molar-refractivity contribution is -0.125. The monoisotopic (exact) mass is 425 g/mol. The second-order valence-electron chi connectivity index (χ2n) is 6.17. The lowest BCUT2D eigenvalue weighted by Crippen LogP contribution is -2.36. The van der Waals surface area contributed by atoms with E-state index in [4.69, 9.17) is 18.0 Å². The highest BCUT2D eigenvalue weighted by Gasteiger charge is 2.28. The van der Waals surface area contributed by atoms with Crippen molar-refractivity contribution < 1.29 is 14.4 Å². The van der Waals surface area contributed by atoms with Crippen molar-refractivity contribution in [2.24, 2.45) is 5.73 Å². The van der Waals surface area contributed by atoms with Gasteiger partial charge in [0.2, 0.25) is 11.8 Å². The summed E-state index contributed by atoms with van der Waals surface area (Å²) in [6.07, 6.45) is 4.01. The summed E-state index contributed by atoms with van der Waals surface area (Å²) in [6.45, 7) is 5.14. The molecule has 6 nitrogen and oxygen atoms in total. The van der Waals surface area contributed by atoms with Gasteiger partial charge in [0.25, 0.3) is 5.91 Å². The molecule has 9 heteroatoms. The lowest BCUT2D eigenvalue weighted by atomic mass is 9.87. The van der Waals surface area contributed by atoms with Crippen molar-refractivity contribution in [3.05, 3.63) is 33.7 Å². The van der Waals surface area contributed by atoms with Crippen molar-refractivity contribution in [1.29, 1.82) is 0 Å². The molecule has 0 aromatic heterocycles. The Hall–Kier alpha value is -1.58. The summed E-state index contributed by atoms with van der Waals surface area (Å²) in [5, 5.41) is 4.87. The Labute approximate surface area is 173 Å². The summed E-state index contributed by atoms with van der Waals surface area (Å²) in [5.41, 5.74) is 8.29. The van der Waals surface area contributed by atoms with E-state index in [1.54, 1.807) is 0 Å². The first-order valence-corrected chi connectivity index (χ1v) is 10.9. The minimum atomic E-state index is -0.513. The molecule has 0 unspecified atom stereocenters. The molecule has 3 N–H and O–H groups in total. The van der Waals surface area contributed by atoms with E-state index in [1.807, 2.05) is 0 Å². The summed E-state index contributed by atoms with van der Waals surface area (Å²) < 4.78 is 0.353. The summed E-state index contributed by atoms with van der Waals surface area (Å²) in [6, 6.07) is 0. The van der Waals surface area contributed by atoms with Crippen LogP contribution in [0.3, 0.4) is 0 Å². The van der Waals surface area contributed by atoms with Gasteiger partial charge in [-0.15, -0.1) is 11.8 Å². The average Bonchev–Trinajstić information content (AvgIpc) is 2.61. The number of hydrogen-bond acceptors (Lipinski definition) is 6. The van der Waals surface area contributed by atoms with Crippen molar-refractivity contribution in [3.8, 4) is 0 Å². The quantitative estimate of drug-likeness (QED) is 0.636. The number of thioether (sulfide) groups is 2. The number of nitrogens with one attached hydrogen (secondary N) is 1. The molecule has 0 spiro atoms. The second-order valence-corrected chi connectivity index (χ2v) is 8.75. The second kappa shape index (κ2) is 10.1. The van der Waals surface area contributed by atoms with E-state index in [9.17, 15) is 14.4 Å². The normalized spacial score (nSPS) is 16.5. The van der Waals surface area contributed by atoms with Gasteiger partial charge >= 0.3 is 0 Å². The predicted octanol–water partition coefficient (Wildman–Crippen LogP) is 2.82. The molecule has 1 aliphatic heterocycles. The Morgan fingerprint density at radius 1 is 1.37 bits per heavy atom. The summed E-state index contributed by atoms with van der Waals surface area (Å²) in [7, 11) is 0. The number of amides is 3. The van der Waals surface area contributed by atoms with Crippen LogP contribution in [-0.2, 0) is 14.4 Å². The van der Waals surface area contributed by atoms with E-state index in [0.29, 0.717) is 14.9 Å². The Kier molecular flexibility index (Phi) is 8.12. The molecule has 146 valence electrons. The fourth-order valence-corrected chi connectivity index (χ4v) is 5.18. The molecule has 0 bridgehead atoms. The van der Waals surface area contributed by atoms with Crippen LogP contribution in [0.1, 0.15) is 39.0 Å². The molecule has 0 atom stereocenters. The molecule has 0 fully saturated rings. The van der Waals surface area contributed by atoms with E-state index in [0.717, 1.165) is 48.8 Å². The molecule has 0 aromatic carbocycles. The maximum atomic E-state index is 12.4. The summed E-state index contributed by atoms with van der Waals surface area (Å²) >= 11 is 7.76. The van der Waals surface area contributed by atoms with Crippen LogP contribution in [0.2, 0.25) is 0 Å². The van der Waals surface area contributed by atoms with Gasteiger partial charge in [0.1, 0.15) is 4.32 Å². The smallest absolute Gasteiger partial charge is 0.251 e. The maximum Gasteiger partial charge on any atom is 0.251 e. The SMILES string of the molecule is C=CSC(=S)N(CCC(=O)NC1=C(C(N)=O)C2=C(CCCC2)CS1)C(C)=O. The number of nitrogens with two attached hydrogens (primary N) is 1. The molecule has 0 saturated heterocycles.